The average molecular weight is 315 g/mol. The van der Waals surface area contributed by atoms with Crippen molar-refractivity contribution in [2.24, 2.45) is 0 Å². The predicted octanol–water partition coefficient (Wildman–Crippen LogP) is 3.60. The summed E-state index contributed by atoms with van der Waals surface area (Å²) in [7, 11) is 0. The molecule has 1 atom stereocenters. The lowest BCUT2D eigenvalue weighted by Crippen LogP contribution is -2.49. The van der Waals surface area contributed by atoms with Crippen LogP contribution in [0.3, 0.4) is 0 Å². The minimum absolute atomic E-state index is 0.158. The molecule has 110 valence electrons. The van der Waals surface area contributed by atoms with Gasteiger partial charge in [-0.1, -0.05) is 29.3 Å². The molecule has 0 radical (unpaired) electrons. The van der Waals surface area contributed by atoms with Crippen LogP contribution < -0.4 is 5.32 Å². The minimum atomic E-state index is -0.184. The smallest absolute Gasteiger partial charge is 0.254 e. The van der Waals surface area contributed by atoms with Crippen LogP contribution in [0.4, 0.5) is 0 Å². The van der Waals surface area contributed by atoms with E-state index >= 15 is 0 Å². The number of piperidine rings is 1. The van der Waals surface area contributed by atoms with Crippen molar-refractivity contribution in [3.63, 3.8) is 0 Å². The van der Waals surface area contributed by atoms with E-state index in [1.165, 1.54) is 0 Å². The van der Waals surface area contributed by atoms with Gasteiger partial charge in [0.25, 0.3) is 5.91 Å². The molecule has 1 amide bonds. The van der Waals surface area contributed by atoms with Gasteiger partial charge in [-0.05, 0) is 45.4 Å². The molecular weight excluding hydrogens is 295 g/mol. The van der Waals surface area contributed by atoms with E-state index in [2.05, 4.69) is 24.1 Å². The number of hydrogen-bond donors (Lipinski definition) is 1. The first-order valence-corrected chi connectivity index (χ1v) is 7.73. The Hall–Kier alpha value is -0.770. The van der Waals surface area contributed by atoms with Crippen molar-refractivity contribution >= 4 is 29.1 Å². The van der Waals surface area contributed by atoms with Crippen molar-refractivity contribution in [2.75, 3.05) is 13.1 Å². The van der Waals surface area contributed by atoms with Gasteiger partial charge in [-0.25, -0.2) is 0 Å². The molecule has 5 heteroatoms. The molecule has 1 N–H and O–H groups in total. The summed E-state index contributed by atoms with van der Waals surface area (Å²) in [6, 6.07) is 5.76. The van der Waals surface area contributed by atoms with Crippen LogP contribution in [-0.4, -0.2) is 36.0 Å². The molecule has 3 nitrogen and oxygen atoms in total. The molecule has 0 aromatic heterocycles. The van der Waals surface area contributed by atoms with Gasteiger partial charge in [0.15, 0.2) is 0 Å². The number of amides is 1. The number of likely N-dealkylation sites (tertiary alicyclic amines) is 1. The zero-order valence-corrected chi connectivity index (χ0v) is 13.3. The van der Waals surface area contributed by atoms with Crippen LogP contribution in [0.1, 0.15) is 37.0 Å². The standard InChI is InChI=1S/C15H20Cl2N2O/c1-10(2)19-8-4-5-11(9-19)18-15(20)14-12(16)6-3-7-13(14)17/h3,6-7,10-11H,4-5,8-9H2,1-2H3,(H,18,20). The molecule has 0 saturated carbocycles. The maximum absolute atomic E-state index is 12.3. The van der Waals surface area contributed by atoms with Crippen molar-refractivity contribution in [2.45, 2.75) is 38.8 Å². The summed E-state index contributed by atoms with van der Waals surface area (Å²) in [6.07, 6.45) is 2.09. The van der Waals surface area contributed by atoms with Crippen LogP contribution in [0, 0.1) is 0 Å². The Bertz CT molecular complexity index is 471. The average Bonchev–Trinajstić information content (AvgIpc) is 2.38. The van der Waals surface area contributed by atoms with Crippen molar-refractivity contribution in [1.82, 2.24) is 10.2 Å². The normalized spacial score (nSPS) is 20.1. The maximum Gasteiger partial charge on any atom is 0.254 e. The second kappa shape index (κ2) is 6.79. The largest absolute Gasteiger partial charge is 0.348 e. The highest BCUT2D eigenvalue weighted by Crippen LogP contribution is 2.24. The summed E-state index contributed by atoms with van der Waals surface area (Å²) in [5.41, 5.74) is 0.373. The molecule has 0 spiro atoms. The first-order valence-electron chi connectivity index (χ1n) is 6.98. The number of halogens is 2. The highest BCUT2D eigenvalue weighted by molar-refractivity contribution is 6.39. The molecule has 0 bridgehead atoms. The van der Waals surface area contributed by atoms with E-state index in [1.807, 2.05) is 0 Å². The molecule has 1 aliphatic heterocycles. The number of hydrogen-bond acceptors (Lipinski definition) is 2. The fourth-order valence-corrected chi connectivity index (χ4v) is 3.13. The van der Waals surface area contributed by atoms with Gasteiger partial charge in [-0.3, -0.25) is 9.69 Å². The second-order valence-corrected chi connectivity index (χ2v) is 6.31. The van der Waals surface area contributed by atoms with Crippen molar-refractivity contribution < 1.29 is 4.79 Å². The zero-order valence-electron chi connectivity index (χ0n) is 11.8. The molecule has 1 heterocycles. The molecule has 1 aromatic carbocycles. The topological polar surface area (TPSA) is 32.3 Å². The lowest BCUT2D eigenvalue weighted by molar-refractivity contribution is 0.0887. The first kappa shape index (κ1) is 15.6. The Morgan fingerprint density at radius 2 is 2.00 bits per heavy atom. The second-order valence-electron chi connectivity index (χ2n) is 5.50. The molecule has 1 aliphatic rings. The van der Waals surface area contributed by atoms with Crippen LogP contribution in [0.15, 0.2) is 18.2 Å². The number of nitrogens with zero attached hydrogens (tertiary/aromatic N) is 1. The summed E-state index contributed by atoms with van der Waals surface area (Å²) in [4.78, 5) is 14.7. The van der Waals surface area contributed by atoms with E-state index in [-0.39, 0.29) is 11.9 Å². The monoisotopic (exact) mass is 314 g/mol. The van der Waals surface area contributed by atoms with Crippen molar-refractivity contribution in [3.8, 4) is 0 Å². The highest BCUT2D eigenvalue weighted by Gasteiger charge is 2.24. The van der Waals surface area contributed by atoms with Crippen LogP contribution >= 0.6 is 23.2 Å². The van der Waals surface area contributed by atoms with E-state index < -0.39 is 0 Å². The zero-order chi connectivity index (χ0) is 14.7. The van der Waals surface area contributed by atoms with E-state index in [1.54, 1.807) is 18.2 Å². The SMILES string of the molecule is CC(C)N1CCCC(NC(=O)c2c(Cl)cccc2Cl)C1. The summed E-state index contributed by atoms with van der Waals surface area (Å²) >= 11 is 12.1. The number of rotatable bonds is 3. The summed E-state index contributed by atoms with van der Waals surface area (Å²) in [5, 5.41) is 3.84. The Morgan fingerprint density at radius 3 is 2.60 bits per heavy atom. The summed E-state index contributed by atoms with van der Waals surface area (Å²) in [6.45, 7) is 6.33. The van der Waals surface area contributed by atoms with Gasteiger partial charge < -0.3 is 5.32 Å². The molecule has 2 rings (SSSR count). The van der Waals surface area contributed by atoms with Crippen LogP contribution in [-0.2, 0) is 0 Å². The fraction of sp³-hybridized carbons (Fsp3) is 0.533. The lowest BCUT2D eigenvalue weighted by Gasteiger charge is -2.35. The van der Waals surface area contributed by atoms with Gasteiger partial charge in [0.2, 0.25) is 0 Å². The van der Waals surface area contributed by atoms with Crippen molar-refractivity contribution in [3.05, 3.63) is 33.8 Å². The van der Waals surface area contributed by atoms with Gasteiger partial charge in [0.1, 0.15) is 0 Å². The van der Waals surface area contributed by atoms with Crippen LogP contribution in [0.25, 0.3) is 0 Å². The van der Waals surface area contributed by atoms with E-state index in [0.717, 1.165) is 25.9 Å². The molecular formula is C15H20Cl2N2O. The van der Waals surface area contributed by atoms with Gasteiger partial charge in [0, 0.05) is 18.6 Å². The van der Waals surface area contributed by atoms with Crippen LogP contribution in [0.2, 0.25) is 10.0 Å². The number of carbonyl (C=O) groups excluding carboxylic acids is 1. The molecule has 0 aliphatic carbocycles. The summed E-state index contributed by atoms with van der Waals surface area (Å²) in [5.74, 6) is -0.184. The van der Waals surface area contributed by atoms with Gasteiger partial charge in [0.05, 0.1) is 15.6 Å². The van der Waals surface area contributed by atoms with Crippen LogP contribution in [0.5, 0.6) is 0 Å². The molecule has 1 fully saturated rings. The molecule has 1 aromatic rings. The van der Waals surface area contributed by atoms with Gasteiger partial charge >= 0.3 is 0 Å². The van der Waals surface area contributed by atoms with E-state index in [0.29, 0.717) is 21.7 Å². The van der Waals surface area contributed by atoms with E-state index in [9.17, 15) is 4.79 Å². The Morgan fingerprint density at radius 1 is 1.35 bits per heavy atom. The third kappa shape index (κ3) is 3.66. The quantitative estimate of drug-likeness (QED) is 0.924. The molecule has 20 heavy (non-hydrogen) atoms. The Labute approximate surface area is 130 Å². The summed E-state index contributed by atoms with van der Waals surface area (Å²) < 4.78 is 0. The Balaban J connectivity index is 2.04. The number of benzene rings is 1. The Kier molecular flexibility index (Phi) is 5.30. The lowest BCUT2D eigenvalue weighted by atomic mass is 10.0. The first-order chi connectivity index (χ1) is 9.49. The minimum Gasteiger partial charge on any atom is -0.348 e. The third-order valence-corrected chi connectivity index (χ3v) is 4.34. The molecule has 1 unspecified atom stereocenters. The third-order valence-electron chi connectivity index (χ3n) is 3.71. The van der Waals surface area contributed by atoms with Gasteiger partial charge in [-0.15, -0.1) is 0 Å². The fourth-order valence-electron chi connectivity index (χ4n) is 2.57. The highest BCUT2D eigenvalue weighted by atomic mass is 35.5. The molecule has 1 saturated heterocycles. The van der Waals surface area contributed by atoms with Gasteiger partial charge in [-0.2, -0.15) is 0 Å². The number of carbonyl (C=O) groups is 1. The maximum atomic E-state index is 12.3. The predicted molar refractivity (Wildman–Crippen MR) is 83.7 cm³/mol. The van der Waals surface area contributed by atoms with E-state index in [4.69, 9.17) is 23.2 Å². The van der Waals surface area contributed by atoms with Crippen molar-refractivity contribution in [1.29, 1.82) is 0 Å². The number of nitrogens with one attached hydrogen (secondary N) is 1.